The molecule has 0 saturated carbocycles. The van der Waals surface area contributed by atoms with Gasteiger partial charge >= 0.3 is 0 Å². The van der Waals surface area contributed by atoms with Crippen LogP contribution in [0, 0.1) is 0 Å². The molecule has 1 N–H and O–H groups in total. The van der Waals surface area contributed by atoms with Gasteiger partial charge in [-0.1, -0.05) is 12.2 Å². The summed E-state index contributed by atoms with van der Waals surface area (Å²) >= 11 is 0. The Kier molecular flexibility index (Phi) is 2.50. The van der Waals surface area contributed by atoms with Crippen LogP contribution in [0.4, 0.5) is 0 Å². The van der Waals surface area contributed by atoms with Crippen LogP contribution in [0.5, 0.6) is 0 Å². The number of likely N-dealkylation sites (tertiary alicyclic amines) is 1. The number of rotatable bonds is 0. The van der Waals surface area contributed by atoms with E-state index in [1.54, 1.807) is 4.90 Å². The van der Waals surface area contributed by atoms with E-state index < -0.39 is 5.54 Å². The molecule has 2 amide bonds. The van der Waals surface area contributed by atoms with E-state index in [-0.39, 0.29) is 11.8 Å². The number of amides is 2. The Labute approximate surface area is 89.3 Å². The predicted molar refractivity (Wildman–Crippen MR) is 56.1 cm³/mol. The van der Waals surface area contributed by atoms with Gasteiger partial charge in [-0.3, -0.25) is 9.59 Å². The topological polar surface area (TPSA) is 49.4 Å². The van der Waals surface area contributed by atoms with Gasteiger partial charge in [0.15, 0.2) is 0 Å². The van der Waals surface area contributed by atoms with Crippen molar-refractivity contribution in [1.82, 2.24) is 10.2 Å². The lowest BCUT2D eigenvalue weighted by Crippen LogP contribution is -2.56. The average Bonchev–Trinajstić information content (AvgIpc) is 2.53. The normalized spacial score (nSPS) is 30.5. The highest BCUT2D eigenvalue weighted by Crippen LogP contribution is 2.34. The standard InChI is InChI=1S/C11H16N2O2/c1-9(14)13-8-4-6-11(13)5-2-3-7-12-10(11)15/h2-3H,4-8H2,1H3,(H,12,15). The van der Waals surface area contributed by atoms with Gasteiger partial charge in [0.25, 0.3) is 0 Å². The first-order valence-electron chi connectivity index (χ1n) is 5.38. The molecule has 2 rings (SSSR count). The number of hydrogen-bond acceptors (Lipinski definition) is 2. The van der Waals surface area contributed by atoms with Crippen molar-refractivity contribution in [3.63, 3.8) is 0 Å². The van der Waals surface area contributed by atoms with Crippen molar-refractivity contribution in [3.05, 3.63) is 12.2 Å². The lowest BCUT2D eigenvalue weighted by atomic mass is 9.91. The third-order valence-electron chi connectivity index (χ3n) is 3.29. The molecule has 0 aromatic heterocycles. The van der Waals surface area contributed by atoms with Crippen LogP contribution in [-0.2, 0) is 9.59 Å². The molecule has 1 unspecified atom stereocenters. The summed E-state index contributed by atoms with van der Waals surface area (Å²) in [4.78, 5) is 25.2. The third-order valence-corrected chi connectivity index (χ3v) is 3.29. The highest BCUT2D eigenvalue weighted by molar-refractivity contribution is 5.92. The molecule has 1 spiro atoms. The summed E-state index contributed by atoms with van der Waals surface area (Å²) < 4.78 is 0. The van der Waals surface area contributed by atoms with E-state index in [2.05, 4.69) is 5.32 Å². The first kappa shape index (κ1) is 10.2. The molecular formula is C11H16N2O2. The van der Waals surface area contributed by atoms with Gasteiger partial charge in [-0.2, -0.15) is 0 Å². The maximum absolute atomic E-state index is 12.0. The molecule has 0 aromatic rings. The summed E-state index contributed by atoms with van der Waals surface area (Å²) in [5.74, 6) is -0.00171. The average molecular weight is 208 g/mol. The smallest absolute Gasteiger partial charge is 0.246 e. The number of nitrogens with zero attached hydrogens (tertiary/aromatic N) is 1. The minimum absolute atomic E-state index is 0.000185. The van der Waals surface area contributed by atoms with Crippen LogP contribution in [0.25, 0.3) is 0 Å². The number of carbonyl (C=O) groups is 2. The molecule has 2 aliphatic rings. The Morgan fingerprint density at radius 3 is 3.07 bits per heavy atom. The quantitative estimate of drug-likeness (QED) is 0.587. The van der Waals surface area contributed by atoms with Gasteiger partial charge < -0.3 is 10.2 Å². The molecule has 0 aliphatic carbocycles. The zero-order valence-corrected chi connectivity index (χ0v) is 8.95. The van der Waals surface area contributed by atoms with Crippen molar-refractivity contribution >= 4 is 11.8 Å². The lowest BCUT2D eigenvalue weighted by molar-refractivity contribution is -0.143. The van der Waals surface area contributed by atoms with Crippen LogP contribution >= 0.6 is 0 Å². The molecule has 15 heavy (non-hydrogen) atoms. The first-order valence-corrected chi connectivity index (χ1v) is 5.38. The van der Waals surface area contributed by atoms with Crippen molar-refractivity contribution in [1.29, 1.82) is 0 Å². The molecule has 1 saturated heterocycles. The van der Waals surface area contributed by atoms with E-state index >= 15 is 0 Å². The van der Waals surface area contributed by atoms with Gasteiger partial charge in [0.05, 0.1) is 0 Å². The van der Waals surface area contributed by atoms with Crippen LogP contribution in [0.1, 0.15) is 26.2 Å². The molecule has 1 atom stereocenters. The highest BCUT2D eigenvalue weighted by atomic mass is 16.2. The Hall–Kier alpha value is -1.32. The van der Waals surface area contributed by atoms with E-state index in [0.29, 0.717) is 19.5 Å². The summed E-state index contributed by atoms with van der Waals surface area (Å²) in [6.07, 6.45) is 6.30. The number of carbonyl (C=O) groups excluding carboxylic acids is 2. The predicted octanol–water partition coefficient (Wildman–Crippen LogP) is 0.444. The molecule has 2 heterocycles. The van der Waals surface area contributed by atoms with Crippen LogP contribution in [0.3, 0.4) is 0 Å². The summed E-state index contributed by atoms with van der Waals surface area (Å²) in [7, 11) is 0. The van der Waals surface area contributed by atoms with Crippen molar-refractivity contribution in [3.8, 4) is 0 Å². The van der Waals surface area contributed by atoms with Crippen LogP contribution in [0.2, 0.25) is 0 Å². The van der Waals surface area contributed by atoms with E-state index in [1.807, 2.05) is 12.2 Å². The molecule has 2 aliphatic heterocycles. The highest BCUT2D eigenvalue weighted by Gasteiger charge is 2.47. The fourth-order valence-electron chi connectivity index (χ4n) is 2.56. The minimum atomic E-state index is -0.598. The first-order chi connectivity index (χ1) is 7.17. The second-order valence-electron chi connectivity index (χ2n) is 4.19. The van der Waals surface area contributed by atoms with E-state index in [9.17, 15) is 9.59 Å². The van der Waals surface area contributed by atoms with Gasteiger partial charge in [-0.25, -0.2) is 0 Å². The van der Waals surface area contributed by atoms with E-state index in [0.717, 1.165) is 12.8 Å². The molecular weight excluding hydrogens is 192 g/mol. The Morgan fingerprint density at radius 2 is 2.33 bits per heavy atom. The van der Waals surface area contributed by atoms with Gasteiger partial charge in [0.1, 0.15) is 5.54 Å². The molecule has 4 heteroatoms. The summed E-state index contributed by atoms with van der Waals surface area (Å²) in [5, 5.41) is 2.84. The van der Waals surface area contributed by atoms with Crippen LogP contribution in [0.15, 0.2) is 12.2 Å². The zero-order valence-electron chi connectivity index (χ0n) is 8.95. The van der Waals surface area contributed by atoms with Crippen molar-refractivity contribution < 1.29 is 9.59 Å². The summed E-state index contributed by atoms with van der Waals surface area (Å²) in [6, 6.07) is 0. The SMILES string of the molecule is CC(=O)N1CCCC12CC=CCNC2=O. The molecule has 1 fully saturated rings. The van der Waals surface area contributed by atoms with Crippen molar-refractivity contribution in [2.45, 2.75) is 31.7 Å². The zero-order chi connectivity index (χ0) is 10.9. The fourth-order valence-corrected chi connectivity index (χ4v) is 2.56. The second kappa shape index (κ2) is 3.68. The van der Waals surface area contributed by atoms with E-state index in [4.69, 9.17) is 0 Å². The van der Waals surface area contributed by atoms with Crippen molar-refractivity contribution in [2.24, 2.45) is 0 Å². The third kappa shape index (κ3) is 1.54. The fraction of sp³-hybridized carbons (Fsp3) is 0.636. The van der Waals surface area contributed by atoms with Gasteiger partial charge in [-0.15, -0.1) is 0 Å². The Balaban J connectivity index is 2.32. The number of hydrogen-bond donors (Lipinski definition) is 1. The molecule has 82 valence electrons. The molecule has 0 bridgehead atoms. The largest absolute Gasteiger partial charge is 0.351 e. The Morgan fingerprint density at radius 1 is 1.53 bits per heavy atom. The number of nitrogens with one attached hydrogen (secondary N) is 1. The molecule has 0 radical (unpaired) electrons. The maximum Gasteiger partial charge on any atom is 0.246 e. The van der Waals surface area contributed by atoms with Crippen LogP contribution in [-0.4, -0.2) is 35.3 Å². The molecule has 4 nitrogen and oxygen atoms in total. The van der Waals surface area contributed by atoms with Gasteiger partial charge in [0.2, 0.25) is 11.8 Å². The monoisotopic (exact) mass is 208 g/mol. The van der Waals surface area contributed by atoms with E-state index in [1.165, 1.54) is 6.92 Å². The maximum atomic E-state index is 12.0. The summed E-state index contributed by atoms with van der Waals surface area (Å²) in [6.45, 7) is 2.82. The van der Waals surface area contributed by atoms with Gasteiger partial charge in [-0.05, 0) is 19.3 Å². The summed E-state index contributed by atoms with van der Waals surface area (Å²) in [5.41, 5.74) is -0.598. The van der Waals surface area contributed by atoms with Crippen molar-refractivity contribution in [2.75, 3.05) is 13.1 Å². The minimum Gasteiger partial charge on any atom is -0.351 e. The van der Waals surface area contributed by atoms with Gasteiger partial charge in [0, 0.05) is 20.0 Å². The molecule has 0 aromatic carbocycles. The Bertz CT molecular complexity index is 325. The second-order valence-corrected chi connectivity index (χ2v) is 4.19. The lowest BCUT2D eigenvalue weighted by Gasteiger charge is -2.35. The van der Waals surface area contributed by atoms with Crippen LogP contribution < -0.4 is 5.32 Å².